The molecule has 1 amide bonds. The van der Waals surface area contributed by atoms with Crippen molar-refractivity contribution in [1.82, 2.24) is 5.32 Å². The van der Waals surface area contributed by atoms with Crippen LogP contribution < -0.4 is 5.32 Å². The number of fused-ring (bicyclic) bond motifs is 1. The molecule has 0 atom stereocenters. The first-order valence-electron chi connectivity index (χ1n) is 5.07. The molecular weight excluding hydrogens is 222 g/mol. The Morgan fingerprint density at radius 2 is 2.06 bits per heavy atom. The fraction of sp³-hybridized carbons (Fsp3) is 0.167. The van der Waals surface area contributed by atoms with Crippen LogP contribution in [0, 0.1) is 0 Å². The smallest absolute Gasteiger partial charge is 0.372 e. The maximum atomic E-state index is 11.0. The number of amides is 1. The van der Waals surface area contributed by atoms with Gasteiger partial charge < -0.3 is 14.8 Å². The lowest BCUT2D eigenvalue weighted by Gasteiger charge is -2.00. The molecule has 0 aliphatic carbocycles. The van der Waals surface area contributed by atoms with E-state index in [4.69, 9.17) is 9.52 Å². The maximum Gasteiger partial charge on any atom is 0.372 e. The molecule has 5 nitrogen and oxygen atoms in total. The predicted octanol–water partition coefficient (Wildman–Crippen LogP) is 1.77. The molecule has 0 aliphatic heterocycles. The van der Waals surface area contributed by atoms with Crippen LogP contribution in [0.15, 0.2) is 28.7 Å². The van der Waals surface area contributed by atoms with Gasteiger partial charge in [-0.1, -0.05) is 18.2 Å². The summed E-state index contributed by atoms with van der Waals surface area (Å²) in [6, 6.07) is 7.02. The summed E-state index contributed by atoms with van der Waals surface area (Å²) in [7, 11) is 0. The molecule has 0 saturated carbocycles. The monoisotopic (exact) mass is 233 g/mol. The van der Waals surface area contributed by atoms with Gasteiger partial charge in [-0.15, -0.1) is 0 Å². The van der Waals surface area contributed by atoms with Gasteiger partial charge in [-0.2, -0.15) is 0 Å². The number of aromatic carboxylic acids is 1. The lowest BCUT2D eigenvalue weighted by atomic mass is 10.1. The van der Waals surface area contributed by atoms with Gasteiger partial charge in [0, 0.05) is 24.4 Å². The van der Waals surface area contributed by atoms with E-state index in [1.54, 1.807) is 24.3 Å². The van der Waals surface area contributed by atoms with Gasteiger partial charge in [-0.25, -0.2) is 4.79 Å². The molecule has 2 rings (SSSR count). The maximum absolute atomic E-state index is 11.0. The van der Waals surface area contributed by atoms with Gasteiger partial charge in [0.1, 0.15) is 5.58 Å². The van der Waals surface area contributed by atoms with Crippen LogP contribution in [0.5, 0.6) is 0 Å². The third kappa shape index (κ3) is 2.13. The molecule has 0 unspecified atom stereocenters. The van der Waals surface area contributed by atoms with E-state index in [1.165, 1.54) is 6.92 Å². The summed E-state index contributed by atoms with van der Waals surface area (Å²) in [5, 5.41) is 12.3. The van der Waals surface area contributed by atoms with Crippen molar-refractivity contribution >= 4 is 22.8 Å². The second-order valence-electron chi connectivity index (χ2n) is 3.62. The molecule has 1 aromatic heterocycles. The van der Waals surface area contributed by atoms with Crippen LogP contribution in [0.3, 0.4) is 0 Å². The summed E-state index contributed by atoms with van der Waals surface area (Å²) in [4.78, 5) is 21.9. The number of carbonyl (C=O) groups is 2. The second-order valence-corrected chi connectivity index (χ2v) is 3.62. The second kappa shape index (κ2) is 4.29. The quantitative estimate of drug-likeness (QED) is 0.846. The summed E-state index contributed by atoms with van der Waals surface area (Å²) in [5.41, 5.74) is 0.994. The minimum Gasteiger partial charge on any atom is -0.475 e. The molecule has 2 N–H and O–H groups in total. The molecule has 0 fully saturated rings. The first-order chi connectivity index (χ1) is 8.09. The highest BCUT2D eigenvalue weighted by Crippen LogP contribution is 2.25. The normalized spacial score (nSPS) is 10.4. The summed E-state index contributed by atoms with van der Waals surface area (Å²) in [5.74, 6) is -1.48. The number of nitrogens with one attached hydrogen (secondary N) is 1. The molecule has 0 saturated heterocycles. The van der Waals surface area contributed by atoms with Gasteiger partial charge >= 0.3 is 5.97 Å². The van der Waals surface area contributed by atoms with Crippen molar-refractivity contribution < 1.29 is 19.1 Å². The Kier molecular flexibility index (Phi) is 2.82. The van der Waals surface area contributed by atoms with Gasteiger partial charge in [0.25, 0.3) is 0 Å². The number of benzene rings is 1. The van der Waals surface area contributed by atoms with Crippen LogP contribution in [0.4, 0.5) is 0 Å². The molecule has 0 spiro atoms. The first-order valence-corrected chi connectivity index (χ1v) is 5.07. The fourth-order valence-electron chi connectivity index (χ4n) is 1.66. The molecule has 1 aromatic carbocycles. The SMILES string of the molecule is CC(=O)NCc1c(C(=O)O)oc2ccccc12. The van der Waals surface area contributed by atoms with Crippen molar-refractivity contribution in [2.45, 2.75) is 13.5 Å². The minimum atomic E-state index is -1.14. The highest BCUT2D eigenvalue weighted by atomic mass is 16.4. The zero-order valence-corrected chi connectivity index (χ0v) is 9.19. The summed E-state index contributed by atoms with van der Waals surface area (Å²) in [6.45, 7) is 1.52. The summed E-state index contributed by atoms with van der Waals surface area (Å²) >= 11 is 0. The average Bonchev–Trinajstić information content (AvgIpc) is 2.65. The summed E-state index contributed by atoms with van der Waals surface area (Å²) < 4.78 is 5.24. The number of furan rings is 1. The predicted molar refractivity (Wildman–Crippen MR) is 60.7 cm³/mol. The largest absolute Gasteiger partial charge is 0.475 e. The number of rotatable bonds is 3. The number of carbonyl (C=O) groups excluding carboxylic acids is 1. The van der Waals surface area contributed by atoms with Crippen molar-refractivity contribution in [3.05, 3.63) is 35.6 Å². The van der Waals surface area contributed by atoms with E-state index in [1.807, 2.05) is 0 Å². The number of hydrogen-bond acceptors (Lipinski definition) is 3. The van der Waals surface area contributed by atoms with Crippen molar-refractivity contribution in [3.63, 3.8) is 0 Å². The van der Waals surface area contributed by atoms with Crippen molar-refractivity contribution in [2.75, 3.05) is 0 Å². The van der Waals surface area contributed by atoms with Crippen LogP contribution in [-0.4, -0.2) is 17.0 Å². The zero-order chi connectivity index (χ0) is 12.4. The van der Waals surface area contributed by atoms with Crippen LogP contribution >= 0.6 is 0 Å². The lowest BCUT2D eigenvalue weighted by Crippen LogP contribution is -2.20. The van der Waals surface area contributed by atoms with Gasteiger partial charge in [-0.3, -0.25) is 4.79 Å². The molecule has 5 heteroatoms. The molecule has 17 heavy (non-hydrogen) atoms. The first kappa shape index (κ1) is 11.2. The Labute approximate surface area is 97.0 Å². The third-order valence-electron chi connectivity index (χ3n) is 2.41. The Bertz CT molecular complexity index is 585. The molecule has 2 aromatic rings. The topological polar surface area (TPSA) is 79.5 Å². The van der Waals surface area contributed by atoms with Crippen molar-refractivity contribution in [1.29, 1.82) is 0 Å². The van der Waals surface area contributed by atoms with E-state index in [2.05, 4.69) is 5.32 Å². The zero-order valence-electron chi connectivity index (χ0n) is 9.19. The molecule has 0 aliphatic rings. The van der Waals surface area contributed by atoms with Gasteiger partial charge in [0.2, 0.25) is 11.7 Å². The number of hydrogen-bond donors (Lipinski definition) is 2. The van der Waals surface area contributed by atoms with Crippen molar-refractivity contribution in [2.24, 2.45) is 0 Å². The highest BCUT2D eigenvalue weighted by molar-refractivity contribution is 5.95. The number of carboxylic acid groups (broad SMARTS) is 1. The van der Waals surface area contributed by atoms with E-state index in [9.17, 15) is 9.59 Å². The van der Waals surface area contributed by atoms with E-state index in [0.29, 0.717) is 16.5 Å². The summed E-state index contributed by atoms with van der Waals surface area (Å²) in [6.07, 6.45) is 0. The van der Waals surface area contributed by atoms with Gasteiger partial charge in [0.05, 0.1) is 0 Å². The molecule has 88 valence electrons. The minimum absolute atomic E-state index is 0.125. The Hall–Kier alpha value is -2.30. The van der Waals surface area contributed by atoms with E-state index in [-0.39, 0.29) is 18.2 Å². The Balaban J connectivity index is 2.51. The molecule has 0 radical (unpaired) electrons. The molecule has 0 bridgehead atoms. The average molecular weight is 233 g/mol. The van der Waals surface area contributed by atoms with E-state index in [0.717, 1.165) is 0 Å². The molecular formula is C12H11NO4. The van der Waals surface area contributed by atoms with Crippen LogP contribution in [-0.2, 0) is 11.3 Å². The lowest BCUT2D eigenvalue weighted by molar-refractivity contribution is -0.119. The van der Waals surface area contributed by atoms with Crippen LogP contribution in [0.1, 0.15) is 23.0 Å². The van der Waals surface area contributed by atoms with E-state index < -0.39 is 5.97 Å². The Morgan fingerprint density at radius 1 is 1.35 bits per heavy atom. The standard InChI is InChI=1S/C12H11NO4/c1-7(14)13-6-9-8-4-2-3-5-10(8)17-11(9)12(15)16/h2-5H,6H2,1H3,(H,13,14)(H,15,16). The van der Waals surface area contributed by atoms with Crippen molar-refractivity contribution in [3.8, 4) is 0 Å². The van der Waals surface area contributed by atoms with Gasteiger partial charge in [-0.05, 0) is 6.07 Å². The Morgan fingerprint density at radius 3 is 2.71 bits per heavy atom. The number of para-hydroxylation sites is 1. The van der Waals surface area contributed by atoms with Crippen LogP contribution in [0.2, 0.25) is 0 Å². The highest BCUT2D eigenvalue weighted by Gasteiger charge is 2.19. The van der Waals surface area contributed by atoms with Crippen LogP contribution in [0.25, 0.3) is 11.0 Å². The van der Waals surface area contributed by atoms with Gasteiger partial charge in [0.15, 0.2) is 0 Å². The number of carboxylic acids is 1. The fourth-order valence-corrected chi connectivity index (χ4v) is 1.66. The third-order valence-corrected chi connectivity index (χ3v) is 2.41. The van der Waals surface area contributed by atoms with E-state index >= 15 is 0 Å². The molecule has 1 heterocycles.